The number of carbonyl (C=O) groups excluding carboxylic acids is 3. The Labute approximate surface area is 175 Å². The molecule has 156 valence electrons. The van der Waals surface area contributed by atoms with Gasteiger partial charge in [-0.1, -0.05) is 54.6 Å². The summed E-state index contributed by atoms with van der Waals surface area (Å²) in [7, 11) is 2.43. The number of esters is 3. The zero-order valence-electron chi connectivity index (χ0n) is 16.9. The van der Waals surface area contributed by atoms with Crippen molar-refractivity contribution in [2.75, 3.05) is 20.8 Å². The predicted octanol–water partition coefficient (Wildman–Crippen LogP) is 3.79. The number of methoxy groups -OCH3 is 2. The highest BCUT2D eigenvalue weighted by atomic mass is 16.5. The summed E-state index contributed by atoms with van der Waals surface area (Å²) in [5.41, 5.74) is 2.00. The van der Waals surface area contributed by atoms with Gasteiger partial charge in [0.2, 0.25) is 0 Å². The topological polar surface area (TPSA) is 78.9 Å². The molecule has 2 rings (SSSR count). The Morgan fingerprint density at radius 3 is 2.23 bits per heavy atom. The fourth-order valence-electron chi connectivity index (χ4n) is 2.94. The van der Waals surface area contributed by atoms with E-state index < -0.39 is 29.7 Å². The third-order valence-electron chi connectivity index (χ3n) is 4.45. The van der Waals surface area contributed by atoms with Crippen LogP contribution in [-0.2, 0) is 23.8 Å². The lowest BCUT2D eigenvalue weighted by Gasteiger charge is -2.21. The number of hydrogen-bond donors (Lipinski definition) is 0. The molecule has 0 spiro atoms. The van der Waals surface area contributed by atoms with Gasteiger partial charge in [0, 0.05) is 5.92 Å². The molecule has 0 amide bonds. The lowest BCUT2D eigenvalue weighted by atomic mass is 9.85. The van der Waals surface area contributed by atoms with Crippen molar-refractivity contribution >= 4 is 24.0 Å². The van der Waals surface area contributed by atoms with Gasteiger partial charge in [-0.15, -0.1) is 6.58 Å². The van der Waals surface area contributed by atoms with E-state index in [0.717, 1.165) is 5.56 Å². The first kappa shape index (κ1) is 22.6. The molecule has 1 unspecified atom stereocenters. The monoisotopic (exact) mass is 408 g/mol. The maximum atomic E-state index is 12.1. The number of hydrogen-bond acceptors (Lipinski definition) is 6. The molecule has 0 heterocycles. The Balaban J connectivity index is 2.11. The van der Waals surface area contributed by atoms with Crippen LogP contribution in [-0.4, -0.2) is 38.7 Å². The lowest BCUT2D eigenvalue weighted by molar-refractivity contribution is -0.159. The van der Waals surface area contributed by atoms with Gasteiger partial charge >= 0.3 is 17.9 Å². The Morgan fingerprint density at radius 1 is 0.967 bits per heavy atom. The largest absolute Gasteiger partial charge is 0.468 e. The molecular formula is C24H24O6. The van der Waals surface area contributed by atoms with Crippen LogP contribution in [0.25, 0.3) is 6.08 Å². The molecule has 2 aromatic carbocycles. The van der Waals surface area contributed by atoms with E-state index in [2.05, 4.69) is 6.58 Å². The zero-order valence-corrected chi connectivity index (χ0v) is 16.9. The van der Waals surface area contributed by atoms with Crippen molar-refractivity contribution in [2.24, 2.45) is 5.92 Å². The van der Waals surface area contributed by atoms with Gasteiger partial charge in [-0.2, -0.15) is 0 Å². The fourth-order valence-corrected chi connectivity index (χ4v) is 2.94. The smallest absolute Gasteiger partial charge is 0.338 e. The molecule has 0 fully saturated rings. The van der Waals surface area contributed by atoms with E-state index in [1.165, 1.54) is 20.3 Å². The molecule has 0 saturated heterocycles. The lowest BCUT2D eigenvalue weighted by Crippen LogP contribution is -2.31. The third-order valence-corrected chi connectivity index (χ3v) is 4.45. The molecule has 1 atom stereocenters. The van der Waals surface area contributed by atoms with Crippen LogP contribution in [0.3, 0.4) is 0 Å². The van der Waals surface area contributed by atoms with Crippen LogP contribution in [0.15, 0.2) is 73.3 Å². The van der Waals surface area contributed by atoms with E-state index in [9.17, 15) is 14.4 Å². The van der Waals surface area contributed by atoms with Crippen molar-refractivity contribution in [3.05, 3.63) is 90.0 Å². The maximum Gasteiger partial charge on any atom is 0.338 e. The van der Waals surface area contributed by atoms with Crippen LogP contribution in [0.2, 0.25) is 0 Å². The second kappa shape index (κ2) is 11.4. The van der Waals surface area contributed by atoms with Gasteiger partial charge in [0.15, 0.2) is 5.92 Å². The van der Waals surface area contributed by atoms with E-state index in [1.54, 1.807) is 48.6 Å². The summed E-state index contributed by atoms with van der Waals surface area (Å²) >= 11 is 0. The summed E-state index contributed by atoms with van der Waals surface area (Å²) in [4.78, 5) is 36.2. The molecule has 0 N–H and O–H groups in total. The average Bonchev–Trinajstić information content (AvgIpc) is 2.79. The molecule has 30 heavy (non-hydrogen) atoms. The molecular weight excluding hydrogens is 384 g/mol. The molecule has 2 aromatic rings. The van der Waals surface area contributed by atoms with E-state index in [1.807, 2.05) is 18.2 Å². The SMILES string of the molecule is C=CC(c1cccc(/C=C/COC(=O)c2ccccc2)c1)C(C(=O)OC)C(=O)OC. The first-order valence-corrected chi connectivity index (χ1v) is 9.28. The summed E-state index contributed by atoms with van der Waals surface area (Å²) in [6, 6.07) is 16.0. The number of allylic oxidation sites excluding steroid dienone is 1. The molecule has 0 aliphatic carbocycles. The molecule has 0 aromatic heterocycles. The van der Waals surface area contributed by atoms with Crippen molar-refractivity contribution in [1.82, 2.24) is 0 Å². The van der Waals surface area contributed by atoms with Crippen LogP contribution >= 0.6 is 0 Å². The summed E-state index contributed by atoms with van der Waals surface area (Å²) in [6.45, 7) is 3.86. The van der Waals surface area contributed by atoms with Crippen LogP contribution in [0.4, 0.5) is 0 Å². The summed E-state index contributed by atoms with van der Waals surface area (Å²) < 4.78 is 14.7. The number of ether oxygens (including phenoxy) is 3. The number of benzene rings is 2. The van der Waals surface area contributed by atoms with Gasteiger partial charge in [0.1, 0.15) is 6.61 Å². The minimum Gasteiger partial charge on any atom is -0.468 e. The molecule has 0 radical (unpaired) electrons. The Bertz CT molecular complexity index is 900. The highest BCUT2D eigenvalue weighted by Gasteiger charge is 2.36. The molecule has 0 saturated carbocycles. The van der Waals surface area contributed by atoms with Crippen LogP contribution in [0, 0.1) is 5.92 Å². The van der Waals surface area contributed by atoms with Crippen LogP contribution < -0.4 is 0 Å². The number of rotatable bonds is 9. The van der Waals surface area contributed by atoms with E-state index in [-0.39, 0.29) is 6.61 Å². The van der Waals surface area contributed by atoms with Crippen molar-refractivity contribution in [3.8, 4) is 0 Å². The average molecular weight is 408 g/mol. The number of carbonyl (C=O) groups is 3. The molecule has 6 heteroatoms. The Kier molecular flexibility index (Phi) is 8.56. The van der Waals surface area contributed by atoms with Gasteiger partial charge in [-0.05, 0) is 29.3 Å². The first-order chi connectivity index (χ1) is 14.5. The summed E-state index contributed by atoms with van der Waals surface area (Å²) in [6.07, 6.45) is 5.01. The van der Waals surface area contributed by atoms with Crippen LogP contribution in [0.5, 0.6) is 0 Å². The normalized spacial score (nSPS) is 11.7. The molecule has 0 aliphatic heterocycles. The van der Waals surface area contributed by atoms with Gasteiger partial charge < -0.3 is 14.2 Å². The van der Waals surface area contributed by atoms with Gasteiger partial charge in [-0.25, -0.2) is 4.79 Å². The first-order valence-electron chi connectivity index (χ1n) is 9.28. The van der Waals surface area contributed by atoms with Crippen molar-refractivity contribution < 1.29 is 28.6 Å². The van der Waals surface area contributed by atoms with Gasteiger partial charge in [0.25, 0.3) is 0 Å². The Morgan fingerprint density at radius 2 is 1.63 bits per heavy atom. The summed E-state index contributed by atoms with van der Waals surface area (Å²) in [5, 5.41) is 0. The van der Waals surface area contributed by atoms with Crippen molar-refractivity contribution in [3.63, 3.8) is 0 Å². The second-order valence-corrected chi connectivity index (χ2v) is 6.32. The standard InChI is InChI=1S/C24H24O6/c1-4-20(21(23(26)28-2)24(27)29-3)19-14-8-10-17(16-19)11-9-15-30-22(25)18-12-6-5-7-13-18/h4-14,16,20-21H,1,15H2,2-3H3/b11-9+. The molecule has 0 aliphatic rings. The predicted molar refractivity (Wildman–Crippen MR) is 113 cm³/mol. The van der Waals surface area contributed by atoms with Crippen molar-refractivity contribution in [1.29, 1.82) is 0 Å². The quantitative estimate of drug-likeness (QED) is 0.272. The maximum absolute atomic E-state index is 12.1. The minimum atomic E-state index is -1.15. The van der Waals surface area contributed by atoms with Gasteiger partial charge in [0.05, 0.1) is 19.8 Å². The highest BCUT2D eigenvalue weighted by Crippen LogP contribution is 2.29. The highest BCUT2D eigenvalue weighted by molar-refractivity contribution is 5.96. The van der Waals surface area contributed by atoms with Crippen molar-refractivity contribution in [2.45, 2.75) is 5.92 Å². The fraction of sp³-hybridized carbons (Fsp3) is 0.208. The third kappa shape index (κ3) is 5.91. The summed E-state index contributed by atoms with van der Waals surface area (Å²) in [5.74, 6) is -3.56. The molecule has 0 bridgehead atoms. The molecule has 6 nitrogen and oxygen atoms in total. The van der Waals surface area contributed by atoms with E-state index >= 15 is 0 Å². The Hall–Kier alpha value is -3.67. The minimum absolute atomic E-state index is 0.107. The van der Waals surface area contributed by atoms with E-state index in [0.29, 0.717) is 11.1 Å². The zero-order chi connectivity index (χ0) is 21.9. The van der Waals surface area contributed by atoms with Gasteiger partial charge in [-0.3, -0.25) is 9.59 Å². The van der Waals surface area contributed by atoms with E-state index in [4.69, 9.17) is 14.2 Å². The van der Waals surface area contributed by atoms with Crippen LogP contribution in [0.1, 0.15) is 27.4 Å². The second-order valence-electron chi connectivity index (χ2n) is 6.32.